The highest BCUT2D eigenvalue weighted by molar-refractivity contribution is 7.10. The van der Waals surface area contributed by atoms with Crippen LogP contribution in [-0.4, -0.2) is 35.9 Å². The molecule has 32 heavy (non-hydrogen) atoms. The topological polar surface area (TPSA) is 87.5 Å². The number of fused-ring (bicyclic) bond motifs is 4. The molecule has 3 aromatic rings. The second-order valence-electron chi connectivity index (χ2n) is 8.91. The van der Waals surface area contributed by atoms with Gasteiger partial charge in [0.15, 0.2) is 0 Å². The van der Waals surface area contributed by atoms with Crippen LogP contribution in [0, 0.1) is 15.5 Å². The van der Waals surface area contributed by atoms with Crippen molar-refractivity contribution in [2.75, 3.05) is 30.8 Å². The number of nitro benzene ring substituents is 1. The average Bonchev–Trinajstić information content (AvgIpc) is 3.47. The number of nitrogens with one attached hydrogen (secondary N) is 2. The summed E-state index contributed by atoms with van der Waals surface area (Å²) in [6.07, 6.45) is 0.575. The Morgan fingerprint density at radius 2 is 2.00 bits per heavy atom. The van der Waals surface area contributed by atoms with Gasteiger partial charge in [0.1, 0.15) is 11.2 Å². The van der Waals surface area contributed by atoms with Gasteiger partial charge >= 0.3 is 0 Å². The summed E-state index contributed by atoms with van der Waals surface area (Å²) in [4.78, 5) is 28.6. The maximum absolute atomic E-state index is 13.9. The van der Waals surface area contributed by atoms with E-state index in [2.05, 4.69) is 33.0 Å². The van der Waals surface area contributed by atoms with E-state index < -0.39 is 11.0 Å². The monoisotopic (exact) mass is 446 g/mol. The molecule has 3 atom stereocenters. The van der Waals surface area contributed by atoms with E-state index in [0.29, 0.717) is 18.7 Å². The molecule has 2 aromatic carbocycles. The van der Waals surface area contributed by atoms with Gasteiger partial charge in [0.05, 0.1) is 4.92 Å². The lowest BCUT2D eigenvalue weighted by Crippen LogP contribution is -2.60. The van der Waals surface area contributed by atoms with Gasteiger partial charge < -0.3 is 10.6 Å². The third-order valence-corrected chi connectivity index (χ3v) is 8.59. The number of amides is 1. The van der Waals surface area contributed by atoms with Gasteiger partial charge in [-0.1, -0.05) is 36.4 Å². The molecule has 0 unspecified atom stereocenters. The molecule has 2 N–H and O–H groups in total. The fourth-order valence-corrected chi connectivity index (χ4v) is 7.36. The summed E-state index contributed by atoms with van der Waals surface area (Å²) < 4.78 is 0. The maximum Gasteiger partial charge on any atom is 0.292 e. The summed E-state index contributed by atoms with van der Waals surface area (Å²) in [7, 11) is 2.03. The number of carbonyl (C=O) groups excluding carboxylic acids is 1. The Balaban J connectivity index is 1.61. The van der Waals surface area contributed by atoms with Crippen LogP contribution in [0.3, 0.4) is 0 Å². The number of carbonyl (C=O) groups is 1. The zero-order valence-corrected chi connectivity index (χ0v) is 18.3. The minimum absolute atomic E-state index is 0.0177. The Morgan fingerprint density at radius 1 is 1.16 bits per heavy atom. The number of likely N-dealkylation sites (tertiary alicyclic amines) is 1. The minimum Gasteiger partial charge on any atom is -0.379 e. The van der Waals surface area contributed by atoms with Crippen LogP contribution in [0.25, 0.3) is 0 Å². The summed E-state index contributed by atoms with van der Waals surface area (Å²) in [5.41, 5.74) is 2.01. The highest BCUT2D eigenvalue weighted by Crippen LogP contribution is 2.65. The molecule has 0 saturated carbocycles. The number of likely N-dealkylation sites (N-methyl/N-ethyl adjacent to an activating group) is 1. The van der Waals surface area contributed by atoms with E-state index in [9.17, 15) is 14.9 Å². The fraction of sp³-hybridized carbons (Fsp3) is 0.292. The number of nitrogens with zero attached hydrogens (tertiary/aromatic N) is 2. The smallest absolute Gasteiger partial charge is 0.292 e. The molecule has 2 spiro atoms. The van der Waals surface area contributed by atoms with Gasteiger partial charge in [-0.05, 0) is 36.5 Å². The van der Waals surface area contributed by atoms with Crippen LogP contribution in [0.5, 0.6) is 0 Å². The number of benzene rings is 2. The van der Waals surface area contributed by atoms with Crippen molar-refractivity contribution in [3.8, 4) is 0 Å². The van der Waals surface area contributed by atoms with Crippen LogP contribution in [0.1, 0.15) is 21.9 Å². The number of hydrogen-bond acceptors (Lipinski definition) is 6. The van der Waals surface area contributed by atoms with Crippen molar-refractivity contribution in [1.29, 1.82) is 0 Å². The number of rotatable bonds is 2. The zero-order chi connectivity index (χ0) is 22.1. The van der Waals surface area contributed by atoms with Crippen LogP contribution in [0.15, 0.2) is 60.0 Å². The highest BCUT2D eigenvalue weighted by Gasteiger charge is 2.71. The van der Waals surface area contributed by atoms with Gasteiger partial charge in [-0.3, -0.25) is 19.8 Å². The van der Waals surface area contributed by atoms with E-state index in [0.717, 1.165) is 23.4 Å². The Labute approximate surface area is 189 Å². The third-order valence-electron chi connectivity index (χ3n) is 7.61. The Bertz CT molecular complexity index is 1260. The van der Waals surface area contributed by atoms with Crippen LogP contribution in [0.2, 0.25) is 0 Å². The maximum atomic E-state index is 13.9. The quantitative estimate of drug-likeness (QED) is 0.455. The van der Waals surface area contributed by atoms with Crippen LogP contribution < -0.4 is 10.6 Å². The van der Waals surface area contributed by atoms with Crippen LogP contribution >= 0.6 is 11.3 Å². The van der Waals surface area contributed by atoms with Crippen molar-refractivity contribution in [2.45, 2.75) is 17.9 Å². The summed E-state index contributed by atoms with van der Waals surface area (Å²) in [5.74, 6) is 0.0836. The van der Waals surface area contributed by atoms with Gasteiger partial charge in [-0.15, -0.1) is 11.3 Å². The van der Waals surface area contributed by atoms with Crippen molar-refractivity contribution >= 4 is 34.3 Å². The first kappa shape index (κ1) is 19.5. The lowest BCUT2D eigenvalue weighted by Gasteiger charge is -2.49. The molecule has 1 amide bonds. The van der Waals surface area contributed by atoms with Gasteiger partial charge in [-0.25, -0.2) is 0 Å². The van der Waals surface area contributed by atoms with E-state index in [1.807, 2.05) is 37.4 Å². The number of thiophene rings is 1. The normalized spacial score (nSPS) is 28.4. The summed E-state index contributed by atoms with van der Waals surface area (Å²) in [6.45, 7) is 1.20. The average molecular weight is 447 g/mol. The van der Waals surface area contributed by atoms with E-state index in [-0.39, 0.29) is 22.4 Å². The SMILES string of the molecule is CN1C[C@@H](c2cccs2)[C@]2(CNc3c(cccc3[N+](=O)[O-])C2)[C@]12C(=O)Nc1ccccc12. The summed E-state index contributed by atoms with van der Waals surface area (Å²) >= 11 is 1.71. The molecule has 0 bridgehead atoms. The molecule has 1 saturated heterocycles. The lowest BCUT2D eigenvalue weighted by molar-refractivity contribution is -0.384. The van der Waals surface area contributed by atoms with Crippen molar-refractivity contribution in [2.24, 2.45) is 5.41 Å². The molecular formula is C24H22N4O3S. The molecule has 0 radical (unpaired) electrons. The second kappa shape index (κ2) is 6.63. The van der Waals surface area contributed by atoms with Gasteiger partial charge in [0.25, 0.3) is 5.69 Å². The van der Waals surface area contributed by atoms with Crippen LogP contribution in [-0.2, 0) is 16.8 Å². The first-order chi connectivity index (χ1) is 15.5. The van der Waals surface area contributed by atoms with Crippen molar-refractivity contribution < 1.29 is 9.72 Å². The predicted molar refractivity (Wildman–Crippen MR) is 124 cm³/mol. The molecule has 6 rings (SSSR count). The molecule has 3 aliphatic rings. The third kappa shape index (κ3) is 2.26. The number of hydrogen-bond donors (Lipinski definition) is 2. The number of para-hydroxylation sites is 2. The summed E-state index contributed by atoms with van der Waals surface area (Å²) in [5, 5.41) is 20.3. The first-order valence-corrected chi connectivity index (χ1v) is 11.5. The zero-order valence-electron chi connectivity index (χ0n) is 17.5. The summed E-state index contributed by atoms with van der Waals surface area (Å²) in [6, 6.07) is 17.3. The molecule has 0 aliphatic carbocycles. The largest absolute Gasteiger partial charge is 0.379 e. The van der Waals surface area contributed by atoms with Crippen molar-refractivity contribution in [3.05, 3.63) is 86.1 Å². The van der Waals surface area contributed by atoms with Crippen LogP contribution in [0.4, 0.5) is 17.1 Å². The molecule has 1 fully saturated rings. The second-order valence-corrected chi connectivity index (χ2v) is 9.89. The standard InChI is InChI=1S/C24H22N4O3S/c1-27-13-17(20-10-5-11-32-20)23(24(27)16-7-2-3-8-18(16)26-22(24)29)12-15-6-4-9-19(28(30)31)21(15)25-14-23/h2-11,17,25H,12-14H2,1H3,(H,26,29)/t17-,23-,24-/m0/s1. The molecule has 1 aromatic heterocycles. The lowest BCUT2D eigenvalue weighted by atomic mass is 9.58. The molecule has 3 aliphatic heterocycles. The fourth-order valence-electron chi connectivity index (χ4n) is 6.43. The number of nitro groups is 1. The van der Waals surface area contributed by atoms with E-state index in [4.69, 9.17) is 0 Å². The van der Waals surface area contributed by atoms with Crippen molar-refractivity contribution in [3.63, 3.8) is 0 Å². The highest BCUT2D eigenvalue weighted by atomic mass is 32.1. The Kier molecular flexibility index (Phi) is 4.03. The Hall–Kier alpha value is -3.23. The Morgan fingerprint density at radius 3 is 2.78 bits per heavy atom. The van der Waals surface area contributed by atoms with Gasteiger partial charge in [-0.2, -0.15) is 0 Å². The predicted octanol–water partition coefficient (Wildman–Crippen LogP) is 4.19. The first-order valence-electron chi connectivity index (χ1n) is 10.6. The van der Waals surface area contributed by atoms with Crippen molar-refractivity contribution in [1.82, 2.24) is 4.90 Å². The molecule has 4 heterocycles. The van der Waals surface area contributed by atoms with Gasteiger partial charge in [0, 0.05) is 46.6 Å². The van der Waals surface area contributed by atoms with E-state index in [1.165, 1.54) is 10.9 Å². The minimum atomic E-state index is -0.867. The van der Waals surface area contributed by atoms with Gasteiger partial charge in [0.2, 0.25) is 5.91 Å². The molecule has 7 nitrogen and oxygen atoms in total. The van der Waals surface area contributed by atoms with E-state index >= 15 is 0 Å². The molecule has 8 heteroatoms. The molecule has 162 valence electrons. The van der Waals surface area contributed by atoms with E-state index in [1.54, 1.807) is 17.4 Å². The number of anilines is 2. The molecular weight excluding hydrogens is 424 g/mol.